The van der Waals surface area contributed by atoms with Crippen LogP contribution in [0.15, 0.2) is 26.2 Å². The number of hydrogen-bond donors (Lipinski definition) is 2. The van der Waals surface area contributed by atoms with Crippen LogP contribution >= 0.6 is 23.2 Å². The molecule has 2 heterocycles. The Kier molecular flexibility index (Phi) is 6.84. The lowest BCUT2D eigenvalue weighted by Crippen LogP contribution is -2.27. The average molecular weight is 488 g/mol. The molecule has 32 heavy (non-hydrogen) atoms. The van der Waals surface area contributed by atoms with E-state index < -0.39 is 28.4 Å². The number of carbonyl (C=O) groups excluding carboxylic acids is 1. The van der Waals surface area contributed by atoms with Crippen molar-refractivity contribution in [2.75, 3.05) is 0 Å². The number of ether oxygens (including phenoxy) is 2. The highest BCUT2D eigenvalue weighted by Crippen LogP contribution is 2.42. The molecule has 0 aliphatic rings. The molecule has 0 fully saturated rings. The molecule has 3 rings (SSSR count). The maximum Gasteiger partial charge on any atom is 0.438 e. The predicted molar refractivity (Wildman–Crippen MR) is 110 cm³/mol. The molecule has 2 N–H and O–H groups in total. The molecule has 0 saturated carbocycles. The monoisotopic (exact) mass is 487 g/mol. The highest BCUT2D eigenvalue weighted by atomic mass is 35.5. The molecule has 11 nitrogen and oxygen atoms in total. The van der Waals surface area contributed by atoms with Crippen molar-refractivity contribution in [3.8, 4) is 17.4 Å². The molecule has 14 heteroatoms. The molecule has 170 valence electrons. The van der Waals surface area contributed by atoms with Gasteiger partial charge in [0.2, 0.25) is 5.88 Å². The largest absolute Gasteiger partial charge is 0.438 e. The maximum absolute atomic E-state index is 14.7. The van der Waals surface area contributed by atoms with Gasteiger partial charge in [-0.15, -0.1) is 5.10 Å². The molecule has 1 amide bonds. The summed E-state index contributed by atoms with van der Waals surface area (Å²) in [6.45, 7) is 3.39. The fourth-order valence-corrected chi connectivity index (χ4v) is 3.04. The first kappa shape index (κ1) is 23.3. The Labute approximate surface area is 189 Å². The van der Waals surface area contributed by atoms with Crippen LogP contribution < -0.4 is 26.1 Å². The van der Waals surface area contributed by atoms with Gasteiger partial charge < -0.3 is 14.8 Å². The zero-order valence-corrected chi connectivity index (χ0v) is 18.4. The number of amides is 1. The van der Waals surface area contributed by atoms with Gasteiger partial charge in [-0.1, -0.05) is 42.2 Å². The fraction of sp³-hybridized carbons (Fsp3) is 0.278. The van der Waals surface area contributed by atoms with Crippen LogP contribution in [0, 0.1) is 5.82 Å². The first-order chi connectivity index (χ1) is 15.1. The first-order valence-electron chi connectivity index (χ1n) is 9.01. The van der Waals surface area contributed by atoms with Crippen LogP contribution in [-0.4, -0.2) is 26.0 Å². The number of carbonyl (C=O) groups is 1. The van der Waals surface area contributed by atoms with Crippen LogP contribution in [-0.2, 0) is 13.6 Å². The van der Waals surface area contributed by atoms with E-state index in [-0.39, 0.29) is 40.5 Å². The van der Waals surface area contributed by atoms with Crippen LogP contribution in [0.25, 0.3) is 0 Å². The molecule has 0 saturated heterocycles. The minimum absolute atomic E-state index is 0.0257. The lowest BCUT2D eigenvalue weighted by Gasteiger charge is -2.14. The summed E-state index contributed by atoms with van der Waals surface area (Å²) in [6.07, 6.45) is -1.07. The smallest absolute Gasteiger partial charge is 0.434 e. The highest BCUT2D eigenvalue weighted by molar-refractivity contribution is 6.37. The summed E-state index contributed by atoms with van der Waals surface area (Å²) in [5.74, 6) is -2.90. The number of halogens is 3. The summed E-state index contributed by atoms with van der Waals surface area (Å²) in [4.78, 5) is 37.1. The van der Waals surface area contributed by atoms with Gasteiger partial charge in [0.15, 0.2) is 23.1 Å². The lowest BCUT2D eigenvalue weighted by molar-refractivity contribution is 0.197. The number of nitrogens with zero attached hydrogens (tertiary/aromatic N) is 3. The third-order valence-electron chi connectivity index (χ3n) is 4.07. The van der Waals surface area contributed by atoms with Gasteiger partial charge in [0.1, 0.15) is 5.02 Å². The van der Waals surface area contributed by atoms with E-state index in [4.69, 9.17) is 32.7 Å². The van der Waals surface area contributed by atoms with E-state index in [1.54, 1.807) is 0 Å². The summed E-state index contributed by atoms with van der Waals surface area (Å²) < 4.78 is 30.4. The maximum atomic E-state index is 14.7. The van der Waals surface area contributed by atoms with E-state index in [0.29, 0.717) is 5.56 Å². The number of benzene rings is 1. The van der Waals surface area contributed by atoms with E-state index in [1.165, 1.54) is 13.1 Å². The first-order valence-corrected chi connectivity index (χ1v) is 9.76. The van der Waals surface area contributed by atoms with Gasteiger partial charge >= 0.3 is 11.8 Å². The zero-order valence-electron chi connectivity index (χ0n) is 16.9. The van der Waals surface area contributed by atoms with Gasteiger partial charge in [-0.05, 0) is 5.92 Å². The van der Waals surface area contributed by atoms with Crippen LogP contribution in [0.4, 0.5) is 9.18 Å². The normalized spacial score (nSPS) is 11.0. The zero-order chi connectivity index (χ0) is 23.6. The van der Waals surface area contributed by atoms with Crippen LogP contribution in [0.2, 0.25) is 10.0 Å². The van der Waals surface area contributed by atoms with E-state index in [9.17, 15) is 18.8 Å². The molecule has 0 unspecified atom stereocenters. The summed E-state index contributed by atoms with van der Waals surface area (Å²) >= 11 is 12.2. The van der Waals surface area contributed by atoms with Crippen molar-refractivity contribution < 1.29 is 23.2 Å². The topological polar surface area (TPSA) is 141 Å². The summed E-state index contributed by atoms with van der Waals surface area (Å²) in [7, 11) is 1.44. The van der Waals surface area contributed by atoms with Crippen molar-refractivity contribution in [1.82, 2.24) is 25.2 Å². The molecule has 0 radical (unpaired) electrons. The summed E-state index contributed by atoms with van der Waals surface area (Å²) in [6, 6.07) is 2.39. The molecule has 0 aliphatic carbocycles. The van der Waals surface area contributed by atoms with E-state index >= 15 is 0 Å². The molecule has 0 aliphatic heterocycles. The van der Waals surface area contributed by atoms with Gasteiger partial charge in [0.25, 0.3) is 5.56 Å². The Balaban J connectivity index is 1.80. The molecule has 0 bridgehead atoms. The standard InChI is InChI=1S/C18H16Cl2FN5O6/c1-7(2)8-4-12(24-26(3)16(8)27)31-15-9(19)5-10(14(21)13(15)20)30-17(28)22-6-11-23-18(29)32-25-11/h4-5,7H,6H2,1-3H3,(H,22,28)(H,23,25,29). The summed E-state index contributed by atoms with van der Waals surface area (Å²) in [5, 5.41) is 8.79. The second kappa shape index (κ2) is 9.40. The van der Waals surface area contributed by atoms with Crippen molar-refractivity contribution in [2.45, 2.75) is 26.3 Å². The SMILES string of the molecule is CC(C)c1cc(Oc2c(Cl)cc(OC(=O)NCc3noc(=O)[nH]3)c(F)c2Cl)nn(C)c1=O. The second-order valence-electron chi connectivity index (χ2n) is 6.72. The van der Waals surface area contributed by atoms with Crippen molar-refractivity contribution in [3.63, 3.8) is 0 Å². The quantitative estimate of drug-likeness (QED) is 0.505. The van der Waals surface area contributed by atoms with Gasteiger partial charge in [-0.2, -0.15) is 0 Å². The Bertz CT molecular complexity index is 1290. The van der Waals surface area contributed by atoms with Gasteiger partial charge in [-0.3, -0.25) is 14.3 Å². The Morgan fingerprint density at radius 1 is 1.34 bits per heavy atom. The van der Waals surface area contributed by atoms with Crippen molar-refractivity contribution in [2.24, 2.45) is 7.05 Å². The molecule has 0 spiro atoms. The Hall–Kier alpha value is -3.38. The van der Waals surface area contributed by atoms with Crippen molar-refractivity contribution in [1.29, 1.82) is 0 Å². The average Bonchev–Trinajstić information content (AvgIpc) is 3.15. The van der Waals surface area contributed by atoms with Crippen molar-refractivity contribution in [3.05, 3.63) is 60.3 Å². The number of aromatic nitrogens is 4. The van der Waals surface area contributed by atoms with Gasteiger partial charge in [-0.25, -0.2) is 18.7 Å². The number of hydrogen-bond acceptors (Lipinski definition) is 8. The number of H-pyrrole nitrogens is 1. The third-order valence-corrected chi connectivity index (χ3v) is 4.69. The third kappa shape index (κ3) is 5.08. The van der Waals surface area contributed by atoms with E-state index in [1.807, 2.05) is 13.8 Å². The Morgan fingerprint density at radius 2 is 2.06 bits per heavy atom. The van der Waals surface area contributed by atoms with E-state index in [2.05, 4.69) is 25.1 Å². The second-order valence-corrected chi connectivity index (χ2v) is 7.51. The number of rotatable bonds is 6. The predicted octanol–water partition coefficient (Wildman–Crippen LogP) is 3.11. The fourth-order valence-electron chi connectivity index (χ4n) is 2.52. The number of aromatic amines is 1. The van der Waals surface area contributed by atoms with Gasteiger partial charge in [0.05, 0.1) is 11.6 Å². The molecule has 2 aromatic heterocycles. The lowest BCUT2D eigenvalue weighted by atomic mass is 10.1. The van der Waals surface area contributed by atoms with Gasteiger partial charge in [0, 0.05) is 24.7 Å². The molecule has 3 aromatic rings. The van der Waals surface area contributed by atoms with E-state index in [0.717, 1.165) is 10.7 Å². The minimum Gasteiger partial charge on any atom is -0.434 e. The van der Waals surface area contributed by atoms with Crippen LogP contribution in [0.5, 0.6) is 17.4 Å². The minimum atomic E-state index is -1.12. The molecular formula is C18H16Cl2FN5O6. The van der Waals surface area contributed by atoms with Crippen molar-refractivity contribution >= 4 is 29.3 Å². The Morgan fingerprint density at radius 3 is 2.69 bits per heavy atom. The highest BCUT2D eigenvalue weighted by Gasteiger charge is 2.22. The molecule has 0 atom stereocenters. The number of aryl methyl sites for hydroxylation is 1. The van der Waals surface area contributed by atoms with Crippen LogP contribution in [0.1, 0.15) is 31.2 Å². The molecule has 1 aromatic carbocycles. The van der Waals surface area contributed by atoms with Crippen LogP contribution in [0.3, 0.4) is 0 Å². The number of nitrogens with one attached hydrogen (secondary N) is 2. The summed E-state index contributed by atoms with van der Waals surface area (Å²) in [5.41, 5.74) is 0.121. The molecular weight excluding hydrogens is 472 g/mol.